The van der Waals surface area contributed by atoms with Gasteiger partial charge in [0.15, 0.2) is 0 Å². The first-order chi connectivity index (χ1) is 26.9. The lowest BCUT2D eigenvalue weighted by molar-refractivity contribution is -0.124. The summed E-state index contributed by atoms with van der Waals surface area (Å²) in [5.41, 5.74) is 5.87. The number of anilines is 1. The number of rotatable bonds is 13. The predicted octanol–water partition coefficient (Wildman–Crippen LogP) is 9.43. The van der Waals surface area contributed by atoms with Gasteiger partial charge in [-0.2, -0.15) is 0 Å². The van der Waals surface area contributed by atoms with Crippen molar-refractivity contribution in [3.05, 3.63) is 161 Å². The molecule has 1 atom stereocenters. The van der Waals surface area contributed by atoms with Gasteiger partial charge in [0.25, 0.3) is 5.91 Å². The van der Waals surface area contributed by atoms with E-state index in [2.05, 4.69) is 161 Å². The molecule has 8 heteroatoms. The van der Waals surface area contributed by atoms with Crippen LogP contribution in [-0.2, 0) is 31.2 Å². The van der Waals surface area contributed by atoms with E-state index in [1.54, 1.807) is 49.1 Å². The van der Waals surface area contributed by atoms with Crippen LogP contribution in [0.2, 0.25) is 0 Å². The summed E-state index contributed by atoms with van der Waals surface area (Å²) in [6, 6.07) is 31.3. The molecule has 5 aromatic rings. The number of benzene rings is 3. The molecule has 3 N–H and O–H groups in total. The molecule has 3 amide bonds. The van der Waals surface area contributed by atoms with Crippen LogP contribution < -0.4 is 16.0 Å². The molecule has 5 rings (SSSR count). The molecular weight excluding hydrogens is 707 g/mol. The van der Waals surface area contributed by atoms with Crippen molar-refractivity contribution < 1.29 is 14.4 Å². The third-order valence-corrected chi connectivity index (χ3v) is 10.6. The Morgan fingerprint density at radius 2 is 0.912 bits per heavy atom. The fourth-order valence-electron chi connectivity index (χ4n) is 7.04. The van der Waals surface area contributed by atoms with Crippen molar-refractivity contribution in [1.82, 2.24) is 20.6 Å². The minimum Gasteiger partial charge on any atom is -0.355 e. The molecule has 0 unspecified atom stereocenters. The fourth-order valence-corrected chi connectivity index (χ4v) is 7.04. The van der Waals surface area contributed by atoms with Crippen LogP contribution in [0.4, 0.5) is 5.69 Å². The smallest absolute Gasteiger partial charge is 0.252 e. The van der Waals surface area contributed by atoms with Crippen molar-refractivity contribution in [3.8, 4) is 0 Å². The molecule has 2 heterocycles. The minimum atomic E-state index is -1.16. The van der Waals surface area contributed by atoms with Crippen molar-refractivity contribution in [1.29, 1.82) is 0 Å². The number of hydrogen-bond acceptors (Lipinski definition) is 5. The summed E-state index contributed by atoms with van der Waals surface area (Å²) in [5, 5.41) is 9.12. The van der Waals surface area contributed by atoms with Crippen LogP contribution in [-0.4, -0.2) is 40.3 Å². The van der Waals surface area contributed by atoms with E-state index in [1.807, 2.05) is 0 Å². The highest BCUT2D eigenvalue weighted by molar-refractivity contribution is 6.01. The fraction of sp³-hybridized carbons (Fsp3) is 0.367. The second-order valence-electron chi connectivity index (χ2n) is 18.0. The number of unbranched alkanes of at least 4 members (excludes halogenated alkanes) is 1. The quantitative estimate of drug-likeness (QED) is 0.0817. The van der Waals surface area contributed by atoms with Crippen LogP contribution in [0.3, 0.4) is 0 Å². The first-order valence-corrected chi connectivity index (χ1v) is 19.9. The second kappa shape index (κ2) is 17.7. The van der Waals surface area contributed by atoms with Gasteiger partial charge in [-0.25, -0.2) is 0 Å². The molecule has 0 aliphatic carbocycles. The Bertz CT molecular complexity index is 1950. The lowest BCUT2D eigenvalue weighted by atomic mass is 9.67. The molecule has 0 aliphatic heterocycles. The summed E-state index contributed by atoms with van der Waals surface area (Å²) in [5.74, 6) is -0.823. The van der Waals surface area contributed by atoms with Gasteiger partial charge < -0.3 is 16.0 Å². The summed E-state index contributed by atoms with van der Waals surface area (Å²) < 4.78 is 0. The molecule has 0 fully saturated rings. The molecule has 298 valence electrons. The summed E-state index contributed by atoms with van der Waals surface area (Å²) in [6.07, 6.45) is 7.80. The largest absolute Gasteiger partial charge is 0.355 e. The van der Waals surface area contributed by atoms with Gasteiger partial charge in [-0.3, -0.25) is 24.4 Å². The zero-order chi connectivity index (χ0) is 41.4. The zero-order valence-electron chi connectivity index (χ0n) is 35.1. The molecule has 57 heavy (non-hydrogen) atoms. The summed E-state index contributed by atoms with van der Waals surface area (Å²) in [4.78, 5) is 49.8. The van der Waals surface area contributed by atoms with Crippen molar-refractivity contribution in [2.24, 2.45) is 0 Å². The van der Waals surface area contributed by atoms with Crippen LogP contribution in [0.5, 0.6) is 0 Å². The van der Waals surface area contributed by atoms with Crippen molar-refractivity contribution >= 4 is 23.4 Å². The van der Waals surface area contributed by atoms with Crippen molar-refractivity contribution in [2.45, 2.75) is 109 Å². The van der Waals surface area contributed by atoms with E-state index in [0.29, 0.717) is 37.1 Å². The molecule has 8 nitrogen and oxygen atoms in total. The van der Waals surface area contributed by atoms with E-state index < -0.39 is 11.5 Å². The number of aromatic nitrogens is 2. The highest BCUT2D eigenvalue weighted by Gasteiger charge is 2.44. The summed E-state index contributed by atoms with van der Waals surface area (Å²) in [6.45, 7) is 20.1. The first kappa shape index (κ1) is 42.5. The summed E-state index contributed by atoms with van der Waals surface area (Å²) in [7, 11) is 0. The maximum atomic E-state index is 15.2. The predicted molar refractivity (Wildman–Crippen MR) is 231 cm³/mol. The number of nitrogens with zero attached hydrogens (tertiary/aromatic N) is 2. The van der Waals surface area contributed by atoms with Gasteiger partial charge in [-0.05, 0) is 93.2 Å². The molecule has 3 aromatic carbocycles. The Morgan fingerprint density at radius 1 is 0.526 bits per heavy atom. The molecule has 0 bridgehead atoms. The number of carbonyl (C=O) groups is 3. The van der Waals surface area contributed by atoms with Crippen LogP contribution in [0.1, 0.15) is 125 Å². The molecule has 0 aliphatic rings. The van der Waals surface area contributed by atoms with Gasteiger partial charge in [-0.15, -0.1) is 0 Å². The monoisotopic (exact) mass is 765 g/mol. The topological polar surface area (TPSA) is 113 Å². The van der Waals surface area contributed by atoms with E-state index in [1.165, 1.54) is 16.7 Å². The second-order valence-corrected chi connectivity index (χ2v) is 18.0. The van der Waals surface area contributed by atoms with Gasteiger partial charge in [0.1, 0.15) is 11.5 Å². The maximum absolute atomic E-state index is 15.2. The molecule has 0 radical (unpaired) electrons. The van der Waals surface area contributed by atoms with Gasteiger partial charge >= 0.3 is 0 Å². The van der Waals surface area contributed by atoms with E-state index >= 15 is 4.79 Å². The highest BCUT2D eigenvalue weighted by atomic mass is 16.2. The Labute approximate surface area is 339 Å². The minimum absolute atomic E-state index is 0.0585. The normalized spacial score (nSPS) is 12.7. The van der Waals surface area contributed by atoms with Crippen LogP contribution in [0.15, 0.2) is 122 Å². The van der Waals surface area contributed by atoms with E-state index in [0.717, 1.165) is 16.7 Å². The third-order valence-electron chi connectivity index (χ3n) is 10.6. The Morgan fingerprint density at radius 3 is 1.32 bits per heavy atom. The maximum Gasteiger partial charge on any atom is 0.252 e. The number of pyridine rings is 2. The highest BCUT2D eigenvalue weighted by Crippen LogP contribution is 2.42. The average Bonchev–Trinajstić information content (AvgIpc) is 3.18. The van der Waals surface area contributed by atoms with Crippen molar-refractivity contribution in [3.63, 3.8) is 0 Å². The Balaban J connectivity index is 1.45. The Kier molecular flexibility index (Phi) is 13.2. The molecule has 2 aromatic heterocycles. The number of nitrogens with one attached hydrogen (secondary N) is 3. The number of amides is 3. The summed E-state index contributed by atoms with van der Waals surface area (Å²) >= 11 is 0. The lowest BCUT2D eigenvalue weighted by Crippen LogP contribution is -2.47. The number of hydrogen-bond donors (Lipinski definition) is 3. The number of carbonyl (C=O) groups excluding carboxylic acids is 3. The average molecular weight is 766 g/mol. The van der Waals surface area contributed by atoms with Gasteiger partial charge in [0, 0.05) is 42.6 Å². The van der Waals surface area contributed by atoms with E-state index in [-0.39, 0.29) is 34.0 Å². The lowest BCUT2D eigenvalue weighted by Gasteiger charge is -2.36. The Hall–Kier alpha value is -5.63. The van der Waals surface area contributed by atoms with Gasteiger partial charge in [0.2, 0.25) is 11.8 Å². The van der Waals surface area contributed by atoms with E-state index in [4.69, 9.17) is 0 Å². The molecule has 0 saturated heterocycles. The molecule has 0 spiro atoms. The third kappa shape index (κ3) is 10.4. The van der Waals surface area contributed by atoms with Gasteiger partial charge in [-0.1, -0.05) is 135 Å². The molecular formula is C49H59N5O3. The van der Waals surface area contributed by atoms with Crippen LogP contribution >= 0.6 is 0 Å². The van der Waals surface area contributed by atoms with Crippen LogP contribution in [0, 0.1) is 0 Å². The molecule has 0 saturated carbocycles. The zero-order valence-corrected chi connectivity index (χ0v) is 35.1. The van der Waals surface area contributed by atoms with Gasteiger partial charge in [0.05, 0.1) is 0 Å². The SMILES string of the molecule is CC(C)(C)c1ccc(C(C(=O)NCCCC[C@H](NC(=O)c2ccncc2)C(=O)Nc2ccncc2)(c2ccc(C(C)(C)C)cc2)c2ccc(C(C)(C)C)cc2)cc1. The van der Waals surface area contributed by atoms with Crippen LogP contribution in [0.25, 0.3) is 0 Å². The van der Waals surface area contributed by atoms with Crippen molar-refractivity contribution in [2.75, 3.05) is 11.9 Å². The van der Waals surface area contributed by atoms with E-state index in [9.17, 15) is 9.59 Å². The standard InChI is InChI=1S/C49H59N5O3/c1-46(2,3)35-13-19-38(20-14-35)49(39-21-15-36(16-22-39)47(4,5)6,40-23-17-37(18-24-40)48(7,8)9)45(57)52-29-11-10-12-42(44(56)53-41-27-32-51-33-28-41)54-43(55)34-25-30-50-31-26-34/h13-28,30-33,42H,10-12,29H2,1-9H3,(H,52,57)(H,54,55)(H,51,53,56)/t42-/m0/s1. The first-order valence-electron chi connectivity index (χ1n) is 19.9.